The van der Waals surface area contributed by atoms with Crippen molar-refractivity contribution in [3.8, 4) is 11.5 Å². The number of ether oxygens (including phenoxy) is 2. The van der Waals surface area contributed by atoms with Crippen LogP contribution in [0.3, 0.4) is 0 Å². The van der Waals surface area contributed by atoms with E-state index in [-0.39, 0.29) is 11.6 Å². The summed E-state index contributed by atoms with van der Waals surface area (Å²) in [6, 6.07) is 7.58. The van der Waals surface area contributed by atoms with E-state index in [1.807, 2.05) is 6.92 Å². The molecule has 1 amide bonds. The molecule has 0 fully saturated rings. The molecule has 0 saturated carbocycles. The molecule has 0 aliphatic carbocycles. The Morgan fingerprint density at radius 1 is 1.21 bits per heavy atom. The summed E-state index contributed by atoms with van der Waals surface area (Å²) in [5.41, 5.74) is 1.12. The monoisotopic (exact) mass is 520 g/mol. The number of rotatable bonds is 9. The first-order valence-electron chi connectivity index (χ1n) is 9.90. The van der Waals surface area contributed by atoms with Gasteiger partial charge in [0.15, 0.2) is 22.4 Å². The van der Waals surface area contributed by atoms with E-state index < -0.39 is 11.7 Å². The van der Waals surface area contributed by atoms with Gasteiger partial charge < -0.3 is 14.8 Å². The molecule has 4 rings (SSSR count). The smallest absolute Gasteiger partial charge is 0.264 e. The second-order valence-corrected chi connectivity index (χ2v) is 9.54. The van der Waals surface area contributed by atoms with Gasteiger partial charge in [-0.2, -0.15) is 0 Å². The highest BCUT2D eigenvalue weighted by Crippen LogP contribution is 2.35. The Balaban J connectivity index is 1.53. The molecule has 0 spiro atoms. The number of hydrogen-bond acceptors (Lipinski definition) is 10. The number of thioether (sulfide) groups is 1. The van der Waals surface area contributed by atoms with Crippen molar-refractivity contribution in [2.45, 2.75) is 11.3 Å². The summed E-state index contributed by atoms with van der Waals surface area (Å²) in [5.74, 6) is 1.11. The summed E-state index contributed by atoms with van der Waals surface area (Å²) >= 11 is 8.72. The summed E-state index contributed by atoms with van der Waals surface area (Å²) in [6.07, 6.45) is 1.39. The summed E-state index contributed by atoms with van der Waals surface area (Å²) < 4.78 is 25.4. The van der Waals surface area contributed by atoms with Crippen molar-refractivity contribution >= 4 is 68.1 Å². The highest BCUT2D eigenvalue weighted by atomic mass is 35.5. The third kappa shape index (κ3) is 5.64. The molecule has 0 unspecified atom stereocenters. The second-order valence-electron chi connectivity index (χ2n) is 6.64. The normalized spacial score (nSPS) is 10.8. The molecule has 176 valence electrons. The molecule has 4 aromatic rings. The molecule has 2 N–H and O–H groups in total. The Morgan fingerprint density at radius 3 is 2.82 bits per heavy atom. The Morgan fingerprint density at radius 2 is 2.06 bits per heavy atom. The van der Waals surface area contributed by atoms with Crippen molar-refractivity contribution in [1.29, 1.82) is 0 Å². The first-order chi connectivity index (χ1) is 16.5. The molecule has 0 bridgehead atoms. The van der Waals surface area contributed by atoms with Crippen LogP contribution in [0.5, 0.6) is 11.5 Å². The quantitative estimate of drug-likeness (QED) is 0.228. The van der Waals surface area contributed by atoms with Crippen LogP contribution in [0, 0.1) is 5.82 Å². The van der Waals surface area contributed by atoms with Gasteiger partial charge in [0.25, 0.3) is 5.91 Å². The van der Waals surface area contributed by atoms with Crippen molar-refractivity contribution in [3.63, 3.8) is 0 Å². The lowest BCUT2D eigenvalue weighted by atomic mass is 10.2. The summed E-state index contributed by atoms with van der Waals surface area (Å²) in [5, 5.41) is 14.7. The molecule has 0 aliphatic heterocycles. The number of aromatic nitrogens is 4. The van der Waals surface area contributed by atoms with Gasteiger partial charge in [0, 0.05) is 17.1 Å². The summed E-state index contributed by atoms with van der Waals surface area (Å²) in [6.45, 7) is 1.73. The fourth-order valence-electron chi connectivity index (χ4n) is 2.89. The van der Waals surface area contributed by atoms with Gasteiger partial charge in [-0.15, -0.1) is 10.2 Å². The van der Waals surface area contributed by atoms with E-state index in [0.29, 0.717) is 39.0 Å². The molecule has 0 aliphatic rings. The minimum absolute atomic E-state index is 0.0177. The van der Waals surface area contributed by atoms with E-state index in [4.69, 9.17) is 21.1 Å². The lowest BCUT2D eigenvalue weighted by Gasteiger charge is -2.14. The summed E-state index contributed by atoms with van der Waals surface area (Å²) in [4.78, 5) is 20.9. The highest BCUT2D eigenvalue weighted by Gasteiger charge is 2.15. The maximum absolute atomic E-state index is 13.5. The molecule has 2 aromatic heterocycles. The van der Waals surface area contributed by atoms with Gasteiger partial charge in [0.05, 0.1) is 17.6 Å². The van der Waals surface area contributed by atoms with Crippen LogP contribution >= 0.6 is 34.7 Å². The SMILES string of the molecule is CCSc1nnc(NC(=O)COc2cc3c(Nc4ccc(F)c(Cl)c4)ncnc3cc2OC)s1. The van der Waals surface area contributed by atoms with E-state index in [9.17, 15) is 9.18 Å². The average Bonchev–Trinajstić information content (AvgIpc) is 3.26. The number of hydrogen-bond donors (Lipinski definition) is 2. The van der Waals surface area contributed by atoms with Crippen LogP contribution in [0.25, 0.3) is 10.9 Å². The minimum Gasteiger partial charge on any atom is -0.493 e. The number of carbonyl (C=O) groups is 1. The number of carbonyl (C=O) groups excluding carboxylic acids is 1. The number of amides is 1. The van der Waals surface area contributed by atoms with Gasteiger partial charge in [0.2, 0.25) is 5.13 Å². The zero-order valence-electron chi connectivity index (χ0n) is 18.0. The third-order valence-corrected chi connectivity index (χ3v) is 6.53. The molecule has 34 heavy (non-hydrogen) atoms. The first-order valence-corrected chi connectivity index (χ1v) is 12.1. The van der Waals surface area contributed by atoms with Crippen LogP contribution < -0.4 is 20.1 Å². The standard InChI is InChI=1S/C21H18ClFN6O3S2/c1-3-33-21-29-28-20(34-21)27-18(30)9-32-17-7-12-15(8-16(17)31-2)24-10-25-19(12)26-11-4-5-14(23)13(22)6-11/h4-8,10H,3,9H2,1-2H3,(H,24,25,26)(H,27,28,30). The van der Waals surface area contributed by atoms with Crippen LogP contribution in [0.15, 0.2) is 41.0 Å². The Kier molecular flexibility index (Phi) is 7.60. The fraction of sp³-hybridized carbons (Fsp3) is 0.190. The molecule has 2 aromatic carbocycles. The van der Waals surface area contributed by atoms with Gasteiger partial charge >= 0.3 is 0 Å². The van der Waals surface area contributed by atoms with Crippen molar-refractivity contribution in [3.05, 3.63) is 47.5 Å². The molecule has 9 nitrogen and oxygen atoms in total. The molecule has 13 heteroatoms. The zero-order chi connectivity index (χ0) is 24.1. The van der Waals surface area contributed by atoms with Crippen molar-refractivity contribution in [1.82, 2.24) is 20.2 Å². The van der Waals surface area contributed by atoms with Gasteiger partial charge in [-0.25, -0.2) is 14.4 Å². The van der Waals surface area contributed by atoms with E-state index >= 15 is 0 Å². The van der Waals surface area contributed by atoms with Crippen molar-refractivity contribution < 1.29 is 18.7 Å². The van der Waals surface area contributed by atoms with Crippen LogP contribution in [-0.4, -0.2) is 45.5 Å². The second kappa shape index (κ2) is 10.8. The predicted octanol–water partition coefficient (Wildman–Crippen LogP) is 5.16. The lowest BCUT2D eigenvalue weighted by Crippen LogP contribution is -2.20. The Bertz CT molecular complexity index is 1340. The lowest BCUT2D eigenvalue weighted by molar-refractivity contribution is -0.118. The molecule has 2 heterocycles. The molecule has 0 saturated heterocycles. The van der Waals surface area contributed by atoms with Gasteiger partial charge in [0.1, 0.15) is 18.0 Å². The molecular formula is C21H18ClFN6O3S2. The van der Waals surface area contributed by atoms with Gasteiger partial charge in [-0.3, -0.25) is 10.1 Å². The third-order valence-electron chi connectivity index (χ3n) is 4.38. The Labute approximate surface area is 207 Å². The highest BCUT2D eigenvalue weighted by molar-refractivity contribution is 8.01. The topological polar surface area (TPSA) is 111 Å². The van der Waals surface area contributed by atoms with Crippen LogP contribution in [0.2, 0.25) is 5.02 Å². The minimum atomic E-state index is -0.521. The molecule has 0 radical (unpaired) electrons. The predicted molar refractivity (Wildman–Crippen MR) is 131 cm³/mol. The van der Waals surface area contributed by atoms with Gasteiger partial charge in [-0.05, 0) is 30.0 Å². The fourth-order valence-corrected chi connectivity index (χ4v) is 4.73. The van der Waals surface area contributed by atoms with E-state index in [0.717, 1.165) is 10.1 Å². The summed E-state index contributed by atoms with van der Waals surface area (Å²) in [7, 11) is 1.49. The molecular weight excluding hydrogens is 503 g/mol. The number of nitrogens with one attached hydrogen (secondary N) is 2. The van der Waals surface area contributed by atoms with Gasteiger partial charge in [-0.1, -0.05) is 41.6 Å². The van der Waals surface area contributed by atoms with Crippen LogP contribution in [0.4, 0.5) is 21.0 Å². The maximum Gasteiger partial charge on any atom is 0.264 e. The largest absolute Gasteiger partial charge is 0.493 e. The number of methoxy groups -OCH3 is 1. The van der Waals surface area contributed by atoms with Crippen molar-refractivity contribution in [2.75, 3.05) is 30.1 Å². The van der Waals surface area contributed by atoms with Crippen LogP contribution in [0.1, 0.15) is 6.92 Å². The Hall–Kier alpha value is -3.22. The van der Waals surface area contributed by atoms with E-state index in [1.54, 1.807) is 30.0 Å². The molecule has 0 atom stereocenters. The number of nitrogens with zero attached hydrogens (tertiary/aromatic N) is 4. The average molecular weight is 521 g/mol. The zero-order valence-corrected chi connectivity index (χ0v) is 20.4. The number of fused-ring (bicyclic) bond motifs is 1. The van der Waals surface area contributed by atoms with E-state index in [2.05, 4.69) is 30.8 Å². The van der Waals surface area contributed by atoms with Crippen molar-refractivity contribution in [2.24, 2.45) is 0 Å². The number of benzene rings is 2. The first kappa shape index (κ1) is 23.9. The number of anilines is 3. The van der Waals surface area contributed by atoms with E-state index in [1.165, 1.54) is 36.9 Å². The number of halogens is 2. The maximum atomic E-state index is 13.5. The van der Waals surface area contributed by atoms with Crippen LogP contribution in [-0.2, 0) is 4.79 Å².